The predicted molar refractivity (Wildman–Crippen MR) is 84.7 cm³/mol. The second kappa shape index (κ2) is 6.52. The lowest BCUT2D eigenvalue weighted by Gasteiger charge is -2.35. The van der Waals surface area contributed by atoms with Gasteiger partial charge in [-0.15, -0.1) is 0 Å². The van der Waals surface area contributed by atoms with E-state index in [9.17, 15) is 8.78 Å². The van der Waals surface area contributed by atoms with Crippen molar-refractivity contribution in [2.75, 3.05) is 26.2 Å². The zero-order valence-corrected chi connectivity index (χ0v) is 13.7. The maximum atomic E-state index is 14.5. The van der Waals surface area contributed by atoms with Gasteiger partial charge in [0.1, 0.15) is 11.6 Å². The fourth-order valence-electron chi connectivity index (χ4n) is 2.72. The largest absolute Gasteiger partial charge is 0.314 e. The number of hydrogen-bond donors (Lipinski definition) is 1. The first-order valence-corrected chi connectivity index (χ1v) is 8.52. The highest BCUT2D eigenvalue weighted by Gasteiger charge is 2.30. The van der Waals surface area contributed by atoms with Crippen molar-refractivity contribution in [2.24, 2.45) is 0 Å². The normalized spacial score (nSPS) is 17.9. The molecule has 1 N–H and O–H groups in total. The van der Waals surface area contributed by atoms with E-state index < -0.39 is 11.6 Å². The van der Waals surface area contributed by atoms with Crippen molar-refractivity contribution in [1.82, 2.24) is 10.2 Å². The first-order valence-electron chi connectivity index (χ1n) is 6.78. The molecule has 1 fully saturated rings. The van der Waals surface area contributed by atoms with Gasteiger partial charge in [-0.3, -0.25) is 4.90 Å². The van der Waals surface area contributed by atoms with E-state index in [1.807, 2.05) is 16.8 Å². The molecule has 1 atom stereocenters. The van der Waals surface area contributed by atoms with E-state index in [0.29, 0.717) is 4.47 Å². The summed E-state index contributed by atoms with van der Waals surface area (Å²) < 4.78 is 29.2. The molecule has 0 spiro atoms. The molecule has 1 aromatic heterocycles. The minimum atomic E-state index is -0.510. The molecule has 3 rings (SSSR count). The van der Waals surface area contributed by atoms with Crippen molar-refractivity contribution in [2.45, 2.75) is 6.04 Å². The van der Waals surface area contributed by atoms with E-state index in [1.165, 1.54) is 12.1 Å². The van der Waals surface area contributed by atoms with Crippen LogP contribution in [0, 0.1) is 11.6 Å². The van der Waals surface area contributed by atoms with Gasteiger partial charge in [-0.2, -0.15) is 11.3 Å². The lowest BCUT2D eigenvalue weighted by molar-refractivity contribution is 0.192. The lowest BCUT2D eigenvalue weighted by atomic mass is 9.97. The van der Waals surface area contributed by atoms with Crippen molar-refractivity contribution in [3.05, 3.63) is 56.2 Å². The van der Waals surface area contributed by atoms with Gasteiger partial charge >= 0.3 is 0 Å². The van der Waals surface area contributed by atoms with Gasteiger partial charge in [0.2, 0.25) is 0 Å². The molecule has 1 saturated heterocycles. The molecule has 0 saturated carbocycles. The smallest absolute Gasteiger partial charge is 0.145 e. The first kappa shape index (κ1) is 15.1. The topological polar surface area (TPSA) is 15.3 Å². The van der Waals surface area contributed by atoms with Gasteiger partial charge < -0.3 is 5.32 Å². The van der Waals surface area contributed by atoms with E-state index in [2.05, 4.69) is 26.1 Å². The fourth-order valence-corrected chi connectivity index (χ4v) is 3.75. The minimum Gasteiger partial charge on any atom is -0.314 e. The summed E-state index contributed by atoms with van der Waals surface area (Å²) in [4.78, 5) is 2.13. The van der Waals surface area contributed by atoms with Gasteiger partial charge in [0.15, 0.2) is 0 Å². The molecule has 0 aliphatic carbocycles. The molecule has 2 nitrogen and oxygen atoms in total. The van der Waals surface area contributed by atoms with Crippen molar-refractivity contribution < 1.29 is 8.78 Å². The summed E-state index contributed by atoms with van der Waals surface area (Å²) in [7, 11) is 0. The summed E-state index contributed by atoms with van der Waals surface area (Å²) in [6.07, 6.45) is 0. The van der Waals surface area contributed by atoms with Crippen LogP contribution in [0.15, 0.2) is 33.4 Å². The van der Waals surface area contributed by atoms with Crippen molar-refractivity contribution in [3.8, 4) is 0 Å². The molecular formula is C15H15BrF2N2S. The summed E-state index contributed by atoms with van der Waals surface area (Å²) in [6, 6.07) is 4.30. The van der Waals surface area contributed by atoms with Crippen LogP contribution in [0.25, 0.3) is 0 Å². The van der Waals surface area contributed by atoms with Gasteiger partial charge in [-0.25, -0.2) is 8.78 Å². The summed E-state index contributed by atoms with van der Waals surface area (Å²) in [5.74, 6) is -1.00. The molecule has 0 amide bonds. The maximum absolute atomic E-state index is 14.5. The second-order valence-electron chi connectivity index (χ2n) is 5.00. The van der Waals surface area contributed by atoms with Crippen LogP contribution in [0.5, 0.6) is 0 Å². The van der Waals surface area contributed by atoms with E-state index >= 15 is 0 Å². The predicted octanol–water partition coefficient (Wildman–Crippen LogP) is 3.78. The van der Waals surface area contributed by atoms with Crippen molar-refractivity contribution in [3.63, 3.8) is 0 Å². The van der Waals surface area contributed by atoms with Crippen LogP contribution in [0.3, 0.4) is 0 Å². The number of thiophene rings is 1. The van der Waals surface area contributed by atoms with Gasteiger partial charge in [0, 0.05) is 31.7 Å². The Morgan fingerprint density at radius 2 is 1.95 bits per heavy atom. The Balaban J connectivity index is 2.09. The second-order valence-corrected chi connectivity index (χ2v) is 6.64. The van der Waals surface area contributed by atoms with E-state index in [4.69, 9.17) is 0 Å². The van der Waals surface area contributed by atoms with E-state index in [1.54, 1.807) is 11.3 Å². The number of piperazine rings is 1. The third-order valence-electron chi connectivity index (χ3n) is 3.73. The first-order chi connectivity index (χ1) is 10.2. The molecule has 1 aliphatic heterocycles. The Morgan fingerprint density at radius 3 is 2.62 bits per heavy atom. The SMILES string of the molecule is Fc1ccc(Br)c(F)c1[C@@H](c1ccsc1)N1CCNCC1. The standard InChI is InChI=1S/C15H15BrF2N2S/c16-11-1-2-12(17)13(14(11)18)15(10-3-8-21-9-10)20-6-4-19-5-7-20/h1-3,8-9,15,19H,4-7H2/t15-/m1/s1. The molecule has 21 heavy (non-hydrogen) atoms. The number of nitrogens with one attached hydrogen (secondary N) is 1. The highest BCUT2D eigenvalue weighted by atomic mass is 79.9. The Kier molecular flexibility index (Phi) is 4.69. The lowest BCUT2D eigenvalue weighted by Crippen LogP contribution is -2.45. The molecule has 6 heteroatoms. The van der Waals surface area contributed by atoms with Crippen LogP contribution in [0.4, 0.5) is 8.78 Å². The zero-order valence-electron chi connectivity index (χ0n) is 11.3. The highest BCUT2D eigenvalue weighted by molar-refractivity contribution is 9.10. The third-order valence-corrected chi connectivity index (χ3v) is 5.04. The highest BCUT2D eigenvalue weighted by Crippen LogP contribution is 2.35. The molecule has 1 aromatic carbocycles. The number of halogens is 3. The zero-order chi connectivity index (χ0) is 14.8. The van der Waals surface area contributed by atoms with Crippen LogP contribution in [-0.4, -0.2) is 31.1 Å². The monoisotopic (exact) mass is 372 g/mol. The van der Waals surface area contributed by atoms with E-state index in [-0.39, 0.29) is 11.6 Å². The minimum absolute atomic E-state index is 0.129. The van der Waals surface area contributed by atoms with Crippen LogP contribution in [-0.2, 0) is 0 Å². The molecular weight excluding hydrogens is 358 g/mol. The van der Waals surface area contributed by atoms with Crippen LogP contribution >= 0.6 is 27.3 Å². The van der Waals surface area contributed by atoms with Gasteiger partial charge in [-0.1, -0.05) is 0 Å². The molecule has 0 bridgehead atoms. The van der Waals surface area contributed by atoms with Crippen LogP contribution in [0.1, 0.15) is 17.2 Å². The van der Waals surface area contributed by atoms with Crippen LogP contribution in [0.2, 0.25) is 0 Å². The molecule has 2 aromatic rings. The van der Waals surface area contributed by atoms with Crippen LogP contribution < -0.4 is 5.32 Å². The molecule has 0 radical (unpaired) electrons. The molecule has 112 valence electrons. The van der Waals surface area contributed by atoms with Crippen molar-refractivity contribution >= 4 is 27.3 Å². The molecule has 0 unspecified atom stereocenters. The van der Waals surface area contributed by atoms with E-state index in [0.717, 1.165) is 31.7 Å². The number of rotatable bonds is 3. The Morgan fingerprint density at radius 1 is 1.19 bits per heavy atom. The Hall–Kier alpha value is -0.820. The molecule has 2 heterocycles. The number of hydrogen-bond acceptors (Lipinski definition) is 3. The number of benzene rings is 1. The quantitative estimate of drug-likeness (QED) is 0.824. The Bertz CT molecular complexity index is 612. The van der Waals surface area contributed by atoms with Gasteiger partial charge in [0.25, 0.3) is 0 Å². The average Bonchev–Trinajstić information content (AvgIpc) is 3.02. The maximum Gasteiger partial charge on any atom is 0.145 e. The number of nitrogens with zero attached hydrogens (tertiary/aromatic N) is 1. The third kappa shape index (κ3) is 3.04. The van der Waals surface area contributed by atoms with Crippen molar-refractivity contribution in [1.29, 1.82) is 0 Å². The summed E-state index contributed by atoms with van der Waals surface area (Å²) in [5, 5.41) is 7.18. The van der Waals surface area contributed by atoms with Gasteiger partial charge in [-0.05, 0) is 50.5 Å². The fraction of sp³-hybridized carbons (Fsp3) is 0.333. The Labute approximate surface area is 134 Å². The van der Waals surface area contributed by atoms with Gasteiger partial charge in [0.05, 0.1) is 10.5 Å². The summed E-state index contributed by atoms with van der Waals surface area (Å²) in [5.41, 5.74) is 1.07. The summed E-state index contributed by atoms with van der Waals surface area (Å²) in [6.45, 7) is 3.20. The summed E-state index contributed by atoms with van der Waals surface area (Å²) >= 11 is 4.71. The molecule has 1 aliphatic rings. The average molecular weight is 373 g/mol.